The summed E-state index contributed by atoms with van der Waals surface area (Å²) in [6.07, 6.45) is 1.81. The average Bonchev–Trinajstić information content (AvgIpc) is 2.79. The second-order valence-corrected chi connectivity index (χ2v) is 4.74. The van der Waals surface area contributed by atoms with Gasteiger partial charge in [0.1, 0.15) is 5.75 Å². The summed E-state index contributed by atoms with van der Waals surface area (Å²) < 4.78 is 7.04. The highest BCUT2D eigenvalue weighted by Crippen LogP contribution is 2.23. The average molecular weight is 290 g/mol. The summed E-state index contributed by atoms with van der Waals surface area (Å²) in [4.78, 5) is 10.4. The number of non-ortho nitro benzene ring substituents is 1. The summed E-state index contributed by atoms with van der Waals surface area (Å²) in [6.45, 7) is 3.13. The number of aromatic nitrogens is 2. The molecule has 0 radical (unpaired) electrons. The summed E-state index contributed by atoms with van der Waals surface area (Å²) in [7, 11) is 3.44. The summed E-state index contributed by atoms with van der Waals surface area (Å²) in [5.74, 6) is 0.635. The predicted octanol–water partition coefficient (Wildman–Crippen LogP) is 1.94. The number of benzene rings is 1. The number of ether oxygens (including phenoxy) is 1. The van der Waals surface area contributed by atoms with Gasteiger partial charge in [-0.15, -0.1) is 0 Å². The van der Waals surface area contributed by atoms with Crippen molar-refractivity contribution < 1.29 is 9.66 Å². The molecule has 0 saturated carbocycles. The molecule has 0 aliphatic rings. The Bertz CT molecular complexity index is 652. The van der Waals surface area contributed by atoms with Crippen LogP contribution in [-0.4, -0.2) is 21.8 Å². The third kappa shape index (κ3) is 3.38. The molecule has 0 fully saturated rings. The molecule has 112 valence electrons. The molecule has 1 heterocycles. The van der Waals surface area contributed by atoms with E-state index in [0.29, 0.717) is 18.8 Å². The van der Waals surface area contributed by atoms with E-state index in [1.807, 2.05) is 24.9 Å². The number of aryl methyl sites for hydroxylation is 1. The van der Waals surface area contributed by atoms with Crippen LogP contribution in [0.4, 0.5) is 5.69 Å². The molecule has 1 N–H and O–H groups in total. The predicted molar refractivity (Wildman–Crippen MR) is 78.1 cm³/mol. The van der Waals surface area contributed by atoms with Gasteiger partial charge in [-0.2, -0.15) is 5.10 Å². The zero-order chi connectivity index (χ0) is 15.4. The normalized spacial score (nSPS) is 10.6. The van der Waals surface area contributed by atoms with E-state index in [4.69, 9.17) is 4.74 Å². The van der Waals surface area contributed by atoms with Crippen LogP contribution in [0.5, 0.6) is 5.75 Å². The van der Waals surface area contributed by atoms with Gasteiger partial charge in [0.25, 0.3) is 5.69 Å². The molecule has 21 heavy (non-hydrogen) atoms. The van der Waals surface area contributed by atoms with Crippen LogP contribution in [0.1, 0.15) is 16.8 Å². The highest BCUT2D eigenvalue weighted by molar-refractivity contribution is 5.43. The Morgan fingerprint density at radius 2 is 2.10 bits per heavy atom. The summed E-state index contributed by atoms with van der Waals surface area (Å²) in [5.41, 5.74) is 3.01. The molecule has 1 aromatic carbocycles. The van der Waals surface area contributed by atoms with Gasteiger partial charge in [-0.3, -0.25) is 14.8 Å². The first-order valence-corrected chi connectivity index (χ1v) is 6.52. The SMILES string of the molecule is COc1ccc([N+](=O)[O-])cc1CNCc1cnn(C)c1C. The van der Waals surface area contributed by atoms with Crippen LogP contribution in [0, 0.1) is 17.0 Å². The quantitative estimate of drug-likeness (QED) is 0.649. The Labute approximate surface area is 122 Å². The summed E-state index contributed by atoms with van der Waals surface area (Å²) in [6, 6.07) is 4.58. The Morgan fingerprint density at radius 3 is 2.67 bits per heavy atom. The highest BCUT2D eigenvalue weighted by Gasteiger charge is 2.11. The lowest BCUT2D eigenvalue weighted by Crippen LogP contribution is -2.14. The lowest BCUT2D eigenvalue weighted by molar-refractivity contribution is -0.384. The summed E-state index contributed by atoms with van der Waals surface area (Å²) in [5, 5.41) is 18.3. The largest absolute Gasteiger partial charge is 0.496 e. The van der Waals surface area contributed by atoms with E-state index >= 15 is 0 Å². The number of methoxy groups -OCH3 is 1. The van der Waals surface area contributed by atoms with E-state index in [-0.39, 0.29) is 5.69 Å². The highest BCUT2D eigenvalue weighted by atomic mass is 16.6. The molecule has 0 bridgehead atoms. The lowest BCUT2D eigenvalue weighted by Gasteiger charge is -2.09. The molecule has 1 aromatic heterocycles. The standard InChI is InChI=1S/C14H18N4O3/c1-10-12(9-16-17(10)2)8-15-7-11-6-13(18(19)20)4-5-14(11)21-3/h4-6,9,15H,7-8H2,1-3H3. The molecule has 0 spiro atoms. The molecule has 7 nitrogen and oxygen atoms in total. The van der Waals surface area contributed by atoms with Crippen molar-refractivity contribution in [3.8, 4) is 5.75 Å². The van der Waals surface area contributed by atoms with Crippen molar-refractivity contribution in [1.29, 1.82) is 0 Å². The number of nitro groups is 1. The van der Waals surface area contributed by atoms with Crippen LogP contribution in [0.25, 0.3) is 0 Å². The molecule has 0 aliphatic carbocycles. The van der Waals surface area contributed by atoms with Gasteiger partial charge in [0, 0.05) is 49.1 Å². The Hall–Kier alpha value is -2.41. The number of rotatable bonds is 6. The monoisotopic (exact) mass is 290 g/mol. The van der Waals surface area contributed by atoms with Gasteiger partial charge in [0.05, 0.1) is 18.2 Å². The van der Waals surface area contributed by atoms with E-state index in [1.165, 1.54) is 12.1 Å². The third-order valence-corrected chi connectivity index (χ3v) is 3.44. The summed E-state index contributed by atoms with van der Waals surface area (Å²) >= 11 is 0. The molecule has 0 saturated heterocycles. The molecule has 0 amide bonds. The molecule has 0 unspecified atom stereocenters. The van der Waals surface area contributed by atoms with Gasteiger partial charge < -0.3 is 10.1 Å². The van der Waals surface area contributed by atoms with Crippen LogP contribution in [0.2, 0.25) is 0 Å². The molecule has 0 atom stereocenters. The van der Waals surface area contributed by atoms with Gasteiger partial charge in [0.2, 0.25) is 0 Å². The molecule has 0 aliphatic heterocycles. The van der Waals surface area contributed by atoms with Crippen molar-refractivity contribution >= 4 is 5.69 Å². The zero-order valence-corrected chi connectivity index (χ0v) is 12.3. The molecular formula is C14H18N4O3. The first-order chi connectivity index (χ1) is 10.0. The van der Waals surface area contributed by atoms with E-state index in [9.17, 15) is 10.1 Å². The van der Waals surface area contributed by atoms with Crippen LogP contribution in [0.15, 0.2) is 24.4 Å². The van der Waals surface area contributed by atoms with Crippen LogP contribution in [-0.2, 0) is 20.1 Å². The Kier molecular flexibility index (Phi) is 4.54. The van der Waals surface area contributed by atoms with E-state index in [1.54, 1.807) is 13.2 Å². The van der Waals surface area contributed by atoms with E-state index in [0.717, 1.165) is 16.8 Å². The fraction of sp³-hybridized carbons (Fsp3) is 0.357. The van der Waals surface area contributed by atoms with Crippen molar-refractivity contribution in [3.63, 3.8) is 0 Å². The molecular weight excluding hydrogens is 272 g/mol. The van der Waals surface area contributed by atoms with Gasteiger partial charge in [-0.1, -0.05) is 0 Å². The number of nitro benzene ring substituents is 1. The second-order valence-electron chi connectivity index (χ2n) is 4.74. The van der Waals surface area contributed by atoms with Crippen molar-refractivity contribution in [3.05, 3.63) is 51.3 Å². The van der Waals surface area contributed by atoms with Crippen LogP contribution >= 0.6 is 0 Å². The topological polar surface area (TPSA) is 82.2 Å². The Balaban J connectivity index is 2.06. The van der Waals surface area contributed by atoms with Gasteiger partial charge in [-0.25, -0.2) is 0 Å². The van der Waals surface area contributed by atoms with E-state index < -0.39 is 4.92 Å². The van der Waals surface area contributed by atoms with Gasteiger partial charge in [0.15, 0.2) is 0 Å². The third-order valence-electron chi connectivity index (χ3n) is 3.44. The zero-order valence-electron chi connectivity index (χ0n) is 12.3. The maximum atomic E-state index is 10.8. The van der Waals surface area contributed by atoms with E-state index in [2.05, 4.69) is 10.4 Å². The molecule has 7 heteroatoms. The van der Waals surface area contributed by atoms with Gasteiger partial charge >= 0.3 is 0 Å². The minimum absolute atomic E-state index is 0.0603. The van der Waals surface area contributed by atoms with Gasteiger partial charge in [-0.05, 0) is 13.0 Å². The number of nitrogens with zero attached hydrogens (tertiary/aromatic N) is 3. The minimum Gasteiger partial charge on any atom is -0.496 e. The fourth-order valence-electron chi connectivity index (χ4n) is 2.07. The number of hydrogen-bond donors (Lipinski definition) is 1. The van der Waals surface area contributed by atoms with Crippen molar-refractivity contribution in [2.24, 2.45) is 7.05 Å². The maximum absolute atomic E-state index is 10.8. The maximum Gasteiger partial charge on any atom is 0.270 e. The van der Waals surface area contributed by atoms with Crippen LogP contribution in [0.3, 0.4) is 0 Å². The first-order valence-electron chi connectivity index (χ1n) is 6.52. The lowest BCUT2D eigenvalue weighted by atomic mass is 10.1. The van der Waals surface area contributed by atoms with Crippen molar-refractivity contribution in [2.75, 3.05) is 7.11 Å². The number of nitrogens with one attached hydrogen (secondary N) is 1. The fourth-order valence-corrected chi connectivity index (χ4v) is 2.07. The molecule has 2 rings (SSSR count). The second kappa shape index (κ2) is 6.36. The Morgan fingerprint density at radius 1 is 1.38 bits per heavy atom. The van der Waals surface area contributed by atoms with Crippen LogP contribution < -0.4 is 10.1 Å². The first kappa shape index (κ1) is 15.0. The minimum atomic E-state index is -0.409. The van der Waals surface area contributed by atoms with Crippen molar-refractivity contribution in [1.82, 2.24) is 15.1 Å². The number of hydrogen-bond acceptors (Lipinski definition) is 5. The smallest absolute Gasteiger partial charge is 0.270 e. The van der Waals surface area contributed by atoms with Crippen molar-refractivity contribution in [2.45, 2.75) is 20.0 Å². The molecule has 2 aromatic rings.